The predicted octanol–water partition coefficient (Wildman–Crippen LogP) is 6.82. The highest BCUT2D eigenvalue weighted by atomic mass is 19.1. The number of pyridine rings is 1. The molecule has 0 radical (unpaired) electrons. The largest absolute Gasteiger partial charge is 0.324 e. The molecular weight excluding hydrogens is 500 g/mol. The Morgan fingerprint density at radius 1 is 1.00 bits per heavy atom. The lowest BCUT2D eigenvalue weighted by Crippen LogP contribution is -2.22. The van der Waals surface area contributed by atoms with E-state index in [-0.39, 0.29) is 17.4 Å². The van der Waals surface area contributed by atoms with Gasteiger partial charge in [0.1, 0.15) is 17.5 Å². The van der Waals surface area contributed by atoms with Crippen LogP contribution in [-0.2, 0) is 13.5 Å². The summed E-state index contributed by atoms with van der Waals surface area (Å²) in [6.45, 7) is 6.04. The highest BCUT2D eigenvalue weighted by molar-refractivity contribution is 6.00. The predicted molar refractivity (Wildman–Crippen MR) is 148 cm³/mol. The lowest BCUT2D eigenvalue weighted by atomic mass is 10.0. The molecular formula is C29H29F2N7O. The van der Waals surface area contributed by atoms with Gasteiger partial charge >= 0.3 is 6.03 Å². The Kier molecular flexibility index (Phi) is 7.10. The van der Waals surface area contributed by atoms with E-state index in [1.807, 2.05) is 20.9 Å². The normalized spacial score (nSPS) is 11.4. The first-order chi connectivity index (χ1) is 18.7. The van der Waals surface area contributed by atoms with Gasteiger partial charge in [-0.15, -0.1) is 0 Å². The lowest BCUT2D eigenvalue weighted by molar-refractivity contribution is 0.262. The van der Waals surface area contributed by atoms with Gasteiger partial charge in [0.05, 0.1) is 34.5 Å². The maximum absolute atomic E-state index is 15.2. The zero-order valence-corrected chi connectivity index (χ0v) is 22.2. The van der Waals surface area contributed by atoms with Crippen molar-refractivity contribution in [3.05, 3.63) is 83.9 Å². The van der Waals surface area contributed by atoms with Gasteiger partial charge in [-0.25, -0.2) is 18.3 Å². The van der Waals surface area contributed by atoms with Crippen LogP contribution in [0.2, 0.25) is 0 Å². The van der Waals surface area contributed by atoms with Gasteiger partial charge in [-0.2, -0.15) is 10.2 Å². The summed E-state index contributed by atoms with van der Waals surface area (Å²) in [5, 5.41) is 15.4. The Morgan fingerprint density at radius 2 is 1.77 bits per heavy atom. The molecule has 2 amide bonds. The monoisotopic (exact) mass is 529 g/mol. The maximum Gasteiger partial charge on any atom is 0.324 e. The van der Waals surface area contributed by atoms with Crippen LogP contribution in [0.15, 0.2) is 60.9 Å². The molecule has 0 aliphatic carbocycles. The minimum atomic E-state index is -0.638. The van der Waals surface area contributed by atoms with Crippen LogP contribution in [0.1, 0.15) is 44.5 Å². The van der Waals surface area contributed by atoms with Crippen molar-refractivity contribution >= 4 is 28.4 Å². The van der Waals surface area contributed by atoms with E-state index in [2.05, 4.69) is 32.7 Å². The van der Waals surface area contributed by atoms with Crippen LogP contribution in [0.25, 0.3) is 27.7 Å². The first-order valence-corrected chi connectivity index (χ1v) is 12.8. The zero-order valence-electron chi connectivity index (χ0n) is 22.2. The van der Waals surface area contributed by atoms with Crippen LogP contribution >= 0.6 is 0 Å². The van der Waals surface area contributed by atoms with E-state index in [9.17, 15) is 9.18 Å². The van der Waals surface area contributed by atoms with E-state index in [0.29, 0.717) is 17.1 Å². The van der Waals surface area contributed by atoms with Crippen molar-refractivity contribution in [2.75, 3.05) is 10.6 Å². The molecule has 5 rings (SSSR count). The summed E-state index contributed by atoms with van der Waals surface area (Å²) in [6, 6.07) is 11.5. The number of anilines is 2. The Morgan fingerprint density at radius 3 is 2.46 bits per heavy atom. The first kappa shape index (κ1) is 26.0. The summed E-state index contributed by atoms with van der Waals surface area (Å²) >= 11 is 0. The van der Waals surface area contributed by atoms with E-state index >= 15 is 4.39 Å². The smallest absolute Gasteiger partial charge is 0.305 e. The number of urea groups is 1. The molecule has 0 bridgehead atoms. The Bertz CT molecular complexity index is 1650. The lowest BCUT2D eigenvalue weighted by Gasteiger charge is -2.12. The quantitative estimate of drug-likeness (QED) is 0.242. The molecule has 0 unspecified atom stereocenters. The fraction of sp³-hybridized carbons (Fsp3) is 0.241. The van der Waals surface area contributed by atoms with Crippen molar-refractivity contribution in [1.82, 2.24) is 24.5 Å². The van der Waals surface area contributed by atoms with Crippen molar-refractivity contribution < 1.29 is 13.6 Å². The summed E-state index contributed by atoms with van der Waals surface area (Å²) in [4.78, 5) is 17.2. The molecule has 5 aromatic rings. The van der Waals surface area contributed by atoms with Gasteiger partial charge < -0.3 is 5.32 Å². The van der Waals surface area contributed by atoms with Crippen LogP contribution in [0, 0.1) is 11.6 Å². The van der Waals surface area contributed by atoms with E-state index in [0.717, 1.165) is 40.7 Å². The molecule has 2 aromatic carbocycles. The number of aryl methyl sites for hydroxylation is 2. The minimum Gasteiger partial charge on any atom is -0.305 e. The standard InChI is InChI=1S/C29H29F2N7O/c1-5-6-24-28-21(15-32-16-26(28)37(4)35-24)18-7-12-23(22(31)13-18)33-29(39)34-27-14-25(17(2)3)36-38(27)20-10-8-19(30)9-11-20/h7-17H,5-6H2,1-4H3,(H2,33,34,39). The molecule has 0 saturated heterocycles. The molecule has 2 N–H and O–H groups in total. The third kappa shape index (κ3) is 5.22. The number of fused-ring (bicyclic) bond motifs is 1. The molecule has 0 spiro atoms. The van der Waals surface area contributed by atoms with Crippen LogP contribution in [0.4, 0.5) is 25.1 Å². The molecule has 3 heterocycles. The van der Waals surface area contributed by atoms with Gasteiger partial charge in [-0.3, -0.25) is 15.0 Å². The number of aromatic nitrogens is 5. The number of rotatable bonds is 7. The van der Waals surface area contributed by atoms with Crippen molar-refractivity contribution in [2.24, 2.45) is 7.05 Å². The summed E-state index contributed by atoms with van der Waals surface area (Å²) in [7, 11) is 1.87. The molecule has 0 aliphatic rings. The van der Waals surface area contributed by atoms with E-state index in [1.165, 1.54) is 28.9 Å². The number of hydrogen-bond acceptors (Lipinski definition) is 4. The number of nitrogens with zero attached hydrogens (tertiary/aromatic N) is 5. The fourth-order valence-electron chi connectivity index (χ4n) is 4.52. The van der Waals surface area contributed by atoms with E-state index < -0.39 is 11.8 Å². The molecule has 0 fully saturated rings. The third-order valence-corrected chi connectivity index (χ3v) is 6.48. The third-order valence-electron chi connectivity index (χ3n) is 6.48. The Balaban J connectivity index is 1.40. The molecule has 3 aromatic heterocycles. The average Bonchev–Trinajstić information content (AvgIpc) is 3.47. The summed E-state index contributed by atoms with van der Waals surface area (Å²) in [5.74, 6) is -0.497. The summed E-state index contributed by atoms with van der Waals surface area (Å²) < 4.78 is 32.0. The van der Waals surface area contributed by atoms with Crippen molar-refractivity contribution in [1.29, 1.82) is 0 Å². The second kappa shape index (κ2) is 10.6. The number of nitrogens with one attached hydrogen (secondary N) is 2. The van der Waals surface area contributed by atoms with E-state index in [1.54, 1.807) is 41.3 Å². The highest BCUT2D eigenvalue weighted by Gasteiger charge is 2.18. The number of amides is 2. The van der Waals surface area contributed by atoms with E-state index in [4.69, 9.17) is 0 Å². The molecule has 0 saturated carbocycles. The SMILES string of the molecule is CCCc1nn(C)c2cncc(-c3ccc(NC(=O)Nc4cc(C(C)C)nn4-c4ccc(F)cc4)c(F)c3)c12. The van der Waals surface area contributed by atoms with Gasteiger partial charge in [0.2, 0.25) is 0 Å². The number of halogens is 2. The molecule has 8 nitrogen and oxygen atoms in total. The average molecular weight is 530 g/mol. The van der Waals surface area contributed by atoms with Crippen molar-refractivity contribution in [2.45, 2.75) is 39.5 Å². The maximum atomic E-state index is 15.2. The zero-order chi connectivity index (χ0) is 27.7. The number of carbonyl (C=O) groups is 1. The van der Waals surface area contributed by atoms with Crippen LogP contribution in [-0.4, -0.2) is 30.6 Å². The van der Waals surface area contributed by atoms with Gasteiger partial charge in [0.15, 0.2) is 0 Å². The van der Waals surface area contributed by atoms with Gasteiger partial charge in [0, 0.05) is 30.3 Å². The Hall–Kier alpha value is -4.60. The van der Waals surface area contributed by atoms with Gasteiger partial charge in [0.25, 0.3) is 0 Å². The van der Waals surface area contributed by atoms with Crippen LogP contribution in [0.5, 0.6) is 0 Å². The highest BCUT2D eigenvalue weighted by Crippen LogP contribution is 2.32. The molecule has 0 atom stereocenters. The second-order valence-corrected chi connectivity index (χ2v) is 9.67. The number of hydrogen-bond donors (Lipinski definition) is 2. The molecule has 0 aliphatic heterocycles. The van der Waals surface area contributed by atoms with Crippen molar-refractivity contribution in [3.8, 4) is 16.8 Å². The second-order valence-electron chi connectivity index (χ2n) is 9.67. The van der Waals surface area contributed by atoms with Gasteiger partial charge in [-0.05, 0) is 54.3 Å². The molecule has 10 heteroatoms. The fourth-order valence-corrected chi connectivity index (χ4v) is 4.52. The van der Waals surface area contributed by atoms with Crippen molar-refractivity contribution in [3.63, 3.8) is 0 Å². The summed E-state index contributed by atoms with van der Waals surface area (Å²) in [5.41, 5.74) is 4.57. The first-order valence-electron chi connectivity index (χ1n) is 12.8. The van der Waals surface area contributed by atoms with Crippen LogP contribution in [0.3, 0.4) is 0 Å². The Labute approximate surface area is 224 Å². The molecule has 39 heavy (non-hydrogen) atoms. The summed E-state index contributed by atoms with van der Waals surface area (Å²) in [6.07, 6.45) is 5.19. The molecule has 200 valence electrons. The number of benzene rings is 2. The number of carbonyl (C=O) groups excluding carboxylic acids is 1. The topological polar surface area (TPSA) is 89.7 Å². The minimum absolute atomic E-state index is 0.0216. The van der Waals surface area contributed by atoms with Crippen LogP contribution < -0.4 is 10.6 Å². The van der Waals surface area contributed by atoms with Gasteiger partial charge in [-0.1, -0.05) is 33.3 Å².